The molecule has 0 aromatic heterocycles. The van der Waals surface area contributed by atoms with Gasteiger partial charge in [-0.3, -0.25) is 9.59 Å². The van der Waals surface area contributed by atoms with Crippen molar-refractivity contribution in [2.75, 3.05) is 27.3 Å². The van der Waals surface area contributed by atoms with Crippen LogP contribution in [0, 0.1) is 0 Å². The molecule has 88 valence electrons. The Kier molecular flexibility index (Phi) is 7.57. The van der Waals surface area contributed by atoms with E-state index in [1.165, 1.54) is 0 Å². The predicted octanol–water partition coefficient (Wildman–Crippen LogP) is -0.798. The number of hydrogen-bond acceptors (Lipinski definition) is 4. The molecule has 0 radical (unpaired) electrons. The summed E-state index contributed by atoms with van der Waals surface area (Å²) in [6, 6.07) is -0.668. The van der Waals surface area contributed by atoms with Crippen LogP contribution < -0.4 is 10.6 Å². The number of methoxy groups -OCH3 is 1. The summed E-state index contributed by atoms with van der Waals surface area (Å²) in [6.45, 7) is 0.909. The van der Waals surface area contributed by atoms with Gasteiger partial charge >= 0.3 is 5.97 Å². The highest BCUT2D eigenvalue weighted by Gasteiger charge is 2.15. The Morgan fingerprint density at radius 2 is 2.13 bits per heavy atom. The maximum atomic E-state index is 11.2. The van der Waals surface area contributed by atoms with Crippen molar-refractivity contribution in [1.82, 2.24) is 10.6 Å². The summed E-state index contributed by atoms with van der Waals surface area (Å²) in [5.41, 5.74) is 0. The Labute approximate surface area is 89.0 Å². The van der Waals surface area contributed by atoms with E-state index in [0.717, 1.165) is 0 Å². The number of nitrogens with one attached hydrogen (secondary N) is 2. The quantitative estimate of drug-likeness (QED) is 0.464. The zero-order valence-corrected chi connectivity index (χ0v) is 9.08. The molecule has 0 aromatic rings. The van der Waals surface area contributed by atoms with E-state index in [1.54, 1.807) is 14.2 Å². The normalized spacial score (nSPS) is 12.1. The number of ether oxygens (including phenoxy) is 1. The summed E-state index contributed by atoms with van der Waals surface area (Å²) < 4.78 is 4.76. The molecule has 0 bridgehead atoms. The lowest BCUT2D eigenvalue weighted by Gasteiger charge is -2.10. The highest BCUT2D eigenvalue weighted by Crippen LogP contribution is 1.96. The van der Waals surface area contributed by atoms with Gasteiger partial charge in [-0.15, -0.1) is 0 Å². The largest absolute Gasteiger partial charge is 0.480 e. The molecule has 0 heterocycles. The van der Waals surface area contributed by atoms with E-state index in [0.29, 0.717) is 13.2 Å². The molecular formula is C9H18N2O4. The van der Waals surface area contributed by atoms with E-state index < -0.39 is 12.0 Å². The fourth-order valence-electron chi connectivity index (χ4n) is 1.05. The Morgan fingerprint density at radius 3 is 2.60 bits per heavy atom. The van der Waals surface area contributed by atoms with Crippen LogP contribution in [0.5, 0.6) is 0 Å². The fourth-order valence-corrected chi connectivity index (χ4v) is 1.05. The zero-order valence-electron chi connectivity index (χ0n) is 9.08. The minimum absolute atomic E-state index is 0.159. The number of carbonyl (C=O) groups is 2. The average molecular weight is 218 g/mol. The number of amides is 1. The van der Waals surface area contributed by atoms with Crippen molar-refractivity contribution in [2.24, 2.45) is 0 Å². The summed E-state index contributed by atoms with van der Waals surface area (Å²) in [4.78, 5) is 21.8. The molecule has 6 heteroatoms. The van der Waals surface area contributed by atoms with Gasteiger partial charge in [-0.1, -0.05) is 0 Å². The molecule has 0 rings (SSSR count). The summed E-state index contributed by atoms with van der Waals surface area (Å²) >= 11 is 0. The molecule has 6 nitrogen and oxygen atoms in total. The molecule has 1 amide bonds. The van der Waals surface area contributed by atoms with Crippen molar-refractivity contribution in [2.45, 2.75) is 18.9 Å². The molecule has 15 heavy (non-hydrogen) atoms. The number of hydrogen-bond donors (Lipinski definition) is 3. The third-order valence-electron chi connectivity index (χ3n) is 1.93. The van der Waals surface area contributed by atoms with Crippen LogP contribution in [0.4, 0.5) is 0 Å². The number of carboxylic acids is 1. The highest BCUT2D eigenvalue weighted by atomic mass is 16.5. The third-order valence-corrected chi connectivity index (χ3v) is 1.93. The van der Waals surface area contributed by atoms with E-state index in [1.807, 2.05) is 0 Å². The van der Waals surface area contributed by atoms with Gasteiger partial charge in [-0.25, -0.2) is 0 Å². The maximum absolute atomic E-state index is 11.2. The van der Waals surface area contributed by atoms with E-state index in [-0.39, 0.29) is 18.7 Å². The standard InChI is InChI=1S/C9H18N2O4/c1-10-7(9(13)14)3-4-8(12)11-5-6-15-2/h7,10H,3-6H2,1-2H3,(H,11,12)(H,13,14). The number of carbonyl (C=O) groups excluding carboxylic acids is 1. The van der Waals surface area contributed by atoms with Gasteiger partial charge in [0.2, 0.25) is 5.91 Å². The molecule has 1 atom stereocenters. The van der Waals surface area contributed by atoms with E-state index >= 15 is 0 Å². The lowest BCUT2D eigenvalue weighted by molar-refractivity contribution is -0.139. The van der Waals surface area contributed by atoms with Crippen molar-refractivity contribution in [3.8, 4) is 0 Å². The molecule has 0 aromatic carbocycles. The molecule has 0 fully saturated rings. The van der Waals surface area contributed by atoms with Crippen molar-refractivity contribution < 1.29 is 19.4 Å². The van der Waals surface area contributed by atoms with Gasteiger partial charge < -0.3 is 20.5 Å². The molecule has 0 spiro atoms. The second-order valence-corrected chi connectivity index (χ2v) is 3.06. The SMILES string of the molecule is CNC(CCC(=O)NCCOC)C(=O)O. The minimum atomic E-state index is -0.942. The second-order valence-electron chi connectivity index (χ2n) is 3.06. The number of likely N-dealkylation sites (N-methyl/N-ethyl adjacent to an activating group) is 1. The van der Waals surface area contributed by atoms with Crippen LogP contribution >= 0.6 is 0 Å². The van der Waals surface area contributed by atoms with E-state index in [9.17, 15) is 9.59 Å². The van der Waals surface area contributed by atoms with Crippen LogP contribution in [-0.4, -0.2) is 50.3 Å². The second kappa shape index (κ2) is 8.19. The van der Waals surface area contributed by atoms with Gasteiger partial charge in [0.15, 0.2) is 0 Å². The summed E-state index contributed by atoms with van der Waals surface area (Å²) in [7, 11) is 3.11. The Balaban J connectivity index is 3.64. The molecule has 0 saturated heterocycles. The van der Waals surface area contributed by atoms with Gasteiger partial charge in [0.1, 0.15) is 6.04 Å². The molecule has 0 aliphatic rings. The monoisotopic (exact) mass is 218 g/mol. The molecule has 0 aliphatic heterocycles. The zero-order chi connectivity index (χ0) is 11.7. The van der Waals surface area contributed by atoms with Crippen molar-refractivity contribution in [1.29, 1.82) is 0 Å². The first-order valence-corrected chi connectivity index (χ1v) is 4.77. The topological polar surface area (TPSA) is 87.7 Å². The van der Waals surface area contributed by atoms with Gasteiger partial charge in [0.25, 0.3) is 0 Å². The lowest BCUT2D eigenvalue weighted by atomic mass is 10.1. The van der Waals surface area contributed by atoms with Crippen LogP contribution in [0.3, 0.4) is 0 Å². The number of rotatable bonds is 8. The Hall–Kier alpha value is -1.14. The average Bonchev–Trinajstić information content (AvgIpc) is 2.18. The molecule has 3 N–H and O–H groups in total. The first kappa shape index (κ1) is 13.9. The first-order valence-electron chi connectivity index (χ1n) is 4.77. The predicted molar refractivity (Wildman–Crippen MR) is 54.6 cm³/mol. The highest BCUT2D eigenvalue weighted by molar-refractivity contribution is 5.78. The van der Waals surface area contributed by atoms with Gasteiger partial charge in [0.05, 0.1) is 6.61 Å². The van der Waals surface area contributed by atoms with Crippen molar-refractivity contribution in [3.63, 3.8) is 0 Å². The van der Waals surface area contributed by atoms with E-state index in [4.69, 9.17) is 9.84 Å². The van der Waals surface area contributed by atoms with Crippen LogP contribution in [0.2, 0.25) is 0 Å². The lowest BCUT2D eigenvalue weighted by Crippen LogP contribution is -2.36. The minimum Gasteiger partial charge on any atom is -0.480 e. The van der Waals surface area contributed by atoms with Crippen molar-refractivity contribution in [3.05, 3.63) is 0 Å². The number of aliphatic carboxylic acids is 1. The molecule has 1 unspecified atom stereocenters. The fraction of sp³-hybridized carbons (Fsp3) is 0.778. The van der Waals surface area contributed by atoms with Crippen LogP contribution in [0.1, 0.15) is 12.8 Å². The van der Waals surface area contributed by atoms with E-state index in [2.05, 4.69) is 10.6 Å². The van der Waals surface area contributed by atoms with Crippen LogP contribution in [0.15, 0.2) is 0 Å². The van der Waals surface area contributed by atoms with Crippen molar-refractivity contribution >= 4 is 11.9 Å². The Bertz CT molecular complexity index is 208. The van der Waals surface area contributed by atoms with Crippen LogP contribution in [-0.2, 0) is 14.3 Å². The van der Waals surface area contributed by atoms with Gasteiger partial charge in [0, 0.05) is 20.1 Å². The maximum Gasteiger partial charge on any atom is 0.320 e. The Morgan fingerprint density at radius 1 is 1.47 bits per heavy atom. The molecule has 0 saturated carbocycles. The molecular weight excluding hydrogens is 200 g/mol. The first-order chi connectivity index (χ1) is 7.11. The van der Waals surface area contributed by atoms with Gasteiger partial charge in [-0.2, -0.15) is 0 Å². The summed E-state index contributed by atoms with van der Waals surface area (Å²) in [5, 5.41) is 13.9. The third kappa shape index (κ3) is 6.87. The summed E-state index contributed by atoms with van der Waals surface area (Å²) in [6.07, 6.45) is 0.478. The number of carboxylic acid groups (broad SMARTS) is 1. The van der Waals surface area contributed by atoms with Gasteiger partial charge in [-0.05, 0) is 13.5 Å². The molecule has 0 aliphatic carbocycles. The summed E-state index contributed by atoms with van der Waals surface area (Å²) in [5.74, 6) is -1.10. The smallest absolute Gasteiger partial charge is 0.320 e. The van der Waals surface area contributed by atoms with Crippen LogP contribution in [0.25, 0.3) is 0 Å².